The third-order valence-electron chi connectivity index (χ3n) is 9.79. The summed E-state index contributed by atoms with van der Waals surface area (Å²) in [5.74, 6) is 0. The molecule has 50 heavy (non-hydrogen) atoms. The maximum Gasteiger partial charge on any atom is 0.0540 e. The molecule has 242 valence electrons. The summed E-state index contributed by atoms with van der Waals surface area (Å²) in [5.41, 5.74) is 14.4. The van der Waals surface area contributed by atoms with Gasteiger partial charge < -0.3 is 9.80 Å². The first-order valence-electron chi connectivity index (χ1n) is 17.4. The Hall–Kier alpha value is -6.12. The maximum atomic E-state index is 2.40. The number of rotatable bonds is 7. The Balaban J connectivity index is 1.18. The molecule has 0 amide bonds. The molecule has 0 saturated heterocycles. The van der Waals surface area contributed by atoms with Gasteiger partial charge >= 0.3 is 0 Å². The van der Waals surface area contributed by atoms with Gasteiger partial charge in [-0.15, -0.1) is 0 Å². The van der Waals surface area contributed by atoms with Crippen LogP contribution in [0.3, 0.4) is 0 Å². The molecule has 0 radical (unpaired) electrons. The molecule has 2 nitrogen and oxygen atoms in total. The predicted octanol–water partition coefficient (Wildman–Crippen LogP) is 13.8. The number of benzene rings is 8. The molecule has 0 aromatic heterocycles. The van der Waals surface area contributed by atoms with E-state index in [1.807, 2.05) is 0 Å². The molecule has 0 atom stereocenters. The van der Waals surface area contributed by atoms with Gasteiger partial charge in [0.1, 0.15) is 0 Å². The minimum absolute atomic E-state index is 1.13. The smallest absolute Gasteiger partial charge is 0.0540 e. The minimum Gasteiger partial charge on any atom is -0.310 e. The van der Waals surface area contributed by atoms with Crippen molar-refractivity contribution >= 4 is 55.7 Å². The molecule has 0 bridgehead atoms. The van der Waals surface area contributed by atoms with E-state index >= 15 is 0 Å². The molecule has 0 spiro atoms. The molecule has 0 aliphatic heterocycles. The van der Waals surface area contributed by atoms with Crippen LogP contribution in [0.25, 0.3) is 32.7 Å². The average Bonchev–Trinajstić information content (AvgIpc) is 3.14. The summed E-state index contributed by atoms with van der Waals surface area (Å²) in [4.78, 5) is 4.80. The zero-order chi connectivity index (χ0) is 34.2. The van der Waals surface area contributed by atoms with Gasteiger partial charge in [-0.05, 0) is 109 Å². The van der Waals surface area contributed by atoms with Crippen molar-refractivity contribution in [2.45, 2.75) is 27.7 Å². The fourth-order valence-electron chi connectivity index (χ4n) is 7.34. The van der Waals surface area contributed by atoms with Crippen LogP contribution >= 0.6 is 0 Å². The Kier molecular flexibility index (Phi) is 8.14. The van der Waals surface area contributed by atoms with Crippen LogP contribution in [-0.2, 0) is 0 Å². The summed E-state index contributed by atoms with van der Waals surface area (Å²) in [6.07, 6.45) is 0. The third-order valence-corrected chi connectivity index (χ3v) is 9.79. The molecule has 0 heterocycles. The van der Waals surface area contributed by atoms with Crippen molar-refractivity contribution in [3.05, 3.63) is 192 Å². The van der Waals surface area contributed by atoms with Gasteiger partial charge in [-0.2, -0.15) is 0 Å². The Morgan fingerprint density at radius 2 is 0.700 bits per heavy atom. The van der Waals surface area contributed by atoms with Crippen molar-refractivity contribution in [3.63, 3.8) is 0 Å². The Morgan fingerprint density at radius 1 is 0.320 bits per heavy atom. The summed E-state index contributed by atoms with van der Waals surface area (Å²) in [6, 6.07) is 61.9. The number of aryl methyl sites for hydroxylation is 4. The molecule has 8 rings (SSSR count). The van der Waals surface area contributed by atoms with Gasteiger partial charge in [0, 0.05) is 33.5 Å². The van der Waals surface area contributed by atoms with Gasteiger partial charge in [0.05, 0.1) is 11.4 Å². The lowest BCUT2D eigenvalue weighted by molar-refractivity contribution is 1.24. The van der Waals surface area contributed by atoms with Gasteiger partial charge in [0.15, 0.2) is 0 Å². The van der Waals surface area contributed by atoms with E-state index in [0.717, 1.165) is 11.4 Å². The van der Waals surface area contributed by atoms with E-state index in [9.17, 15) is 0 Å². The highest BCUT2D eigenvalue weighted by molar-refractivity contribution is 6.00. The normalized spacial score (nSPS) is 11.2. The summed E-state index contributed by atoms with van der Waals surface area (Å²) in [7, 11) is 0. The van der Waals surface area contributed by atoms with Crippen LogP contribution < -0.4 is 9.80 Å². The van der Waals surface area contributed by atoms with Crippen molar-refractivity contribution in [1.82, 2.24) is 0 Å². The maximum absolute atomic E-state index is 2.40. The predicted molar refractivity (Wildman–Crippen MR) is 215 cm³/mol. The van der Waals surface area contributed by atoms with Gasteiger partial charge in [-0.3, -0.25) is 0 Å². The van der Waals surface area contributed by atoms with Gasteiger partial charge in [0.2, 0.25) is 0 Å². The van der Waals surface area contributed by atoms with Gasteiger partial charge in [0.25, 0.3) is 0 Å². The van der Waals surface area contributed by atoms with Gasteiger partial charge in [-0.25, -0.2) is 0 Å². The average molecular weight is 645 g/mol. The van der Waals surface area contributed by atoms with E-state index in [4.69, 9.17) is 0 Å². The van der Waals surface area contributed by atoms with Gasteiger partial charge in [-0.1, -0.05) is 132 Å². The van der Waals surface area contributed by atoms with Crippen molar-refractivity contribution in [1.29, 1.82) is 0 Å². The Labute approximate surface area is 295 Å². The Bertz CT molecular complexity index is 2290. The van der Waals surface area contributed by atoms with Crippen LogP contribution in [0.15, 0.2) is 170 Å². The van der Waals surface area contributed by atoms with E-state index in [0.29, 0.717) is 0 Å². The first-order valence-corrected chi connectivity index (χ1v) is 17.4. The van der Waals surface area contributed by atoms with Crippen LogP contribution in [0.1, 0.15) is 22.3 Å². The number of hydrogen-bond acceptors (Lipinski definition) is 2. The van der Waals surface area contributed by atoms with Crippen molar-refractivity contribution in [3.8, 4) is 11.1 Å². The molecule has 8 aromatic carbocycles. The fraction of sp³-hybridized carbons (Fsp3) is 0.0833. The molecule has 8 aromatic rings. The second kappa shape index (κ2) is 13.1. The molecule has 2 heteroatoms. The fourth-order valence-corrected chi connectivity index (χ4v) is 7.34. The molecule has 0 saturated carbocycles. The highest BCUT2D eigenvalue weighted by Gasteiger charge is 2.19. The molecule has 0 fully saturated rings. The largest absolute Gasteiger partial charge is 0.310 e. The SMILES string of the molecule is Cc1ccc(N(c2ccc(-c3ccc(N(c4ccc(C)cc4C)c4cccc5ccccc45)cc3)cc2)c2cccc3ccccc23)c(C)c1. The first-order chi connectivity index (χ1) is 24.4. The number of fused-ring (bicyclic) bond motifs is 2. The second-order valence-corrected chi connectivity index (χ2v) is 13.3. The highest BCUT2D eigenvalue weighted by Crippen LogP contribution is 2.43. The molecule has 0 aliphatic carbocycles. The quantitative estimate of drug-likeness (QED) is 0.170. The van der Waals surface area contributed by atoms with E-state index in [2.05, 4.69) is 207 Å². The van der Waals surface area contributed by atoms with E-state index < -0.39 is 0 Å². The standard InChI is InChI=1S/C48H40N2/c1-33-19-29-45(35(3)31-33)49(47-17-9-13-39-11-5-7-15-43(39)47)41-25-21-37(22-26-41)38-23-27-42(28-24-38)50(46-30-20-34(2)32-36(46)4)48-18-10-14-40-12-6-8-16-44(40)48/h5-32H,1-4H3. The van der Waals surface area contributed by atoms with E-state index in [-0.39, 0.29) is 0 Å². The van der Waals surface area contributed by atoms with Crippen LogP contribution in [0.2, 0.25) is 0 Å². The lowest BCUT2D eigenvalue weighted by Crippen LogP contribution is -2.12. The van der Waals surface area contributed by atoms with E-state index in [1.165, 1.54) is 77.7 Å². The number of hydrogen-bond donors (Lipinski definition) is 0. The molecule has 0 aliphatic rings. The molecule has 0 unspecified atom stereocenters. The zero-order valence-corrected chi connectivity index (χ0v) is 29.1. The van der Waals surface area contributed by atoms with Crippen LogP contribution in [0, 0.1) is 27.7 Å². The molecular weight excluding hydrogens is 605 g/mol. The minimum atomic E-state index is 1.13. The topological polar surface area (TPSA) is 6.48 Å². The Morgan fingerprint density at radius 3 is 1.10 bits per heavy atom. The molecular formula is C48H40N2. The van der Waals surface area contributed by atoms with Crippen LogP contribution in [0.4, 0.5) is 34.1 Å². The van der Waals surface area contributed by atoms with Crippen molar-refractivity contribution in [2.75, 3.05) is 9.80 Å². The third kappa shape index (κ3) is 5.80. The second-order valence-electron chi connectivity index (χ2n) is 13.3. The summed E-state index contributed by atoms with van der Waals surface area (Å²) >= 11 is 0. The lowest BCUT2D eigenvalue weighted by atomic mass is 10.0. The van der Waals surface area contributed by atoms with Crippen LogP contribution in [-0.4, -0.2) is 0 Å². The van der Waals surface area contributed by atoms with Crippen molar-refractivity contribution < 1.29 is 0 Å². The molecule has 0 N–H and O–H groups in total. The van der Waals surface area contributed by atoms with Crippen LogP contribution in [0.5, 0.6) is 0 Å². The summed E-state index contributed by atoms with van der Waals surface area (Å²) < 4.78 is 0. The monoisotopic (exact) mass is 644 g/mol. The number of anilines is 6. The number of nitrogens with zero attached hydrogens (tertiary/aromatic N) is 2. The zero-order valence-electron chi connectivity index (χ0n) is 29.1. The van der Waals surface area contributed by atoms with E-state index in [1.54, 1.807) is 0 Å². The first kappa shape index (κ1) is 31.2. The summed E-state index contributed by atoms with van der Waals surface area (Å²) in [6.45, 7) is 8.72. The van der Waals surface area contributed by atoms with Crippen molar-refractivity contribution in [2.24, 2.45) is 0 Å². The lowest BCUT2D eigenvalue weighted by Gasteiger charge is -2.29. The summed E-state index contributed by atoms with van der Waals surface area (Å²) in [5, 5.41) is 4.92. The highest BCUT2D eigenvalue weighted by atomic mass is 15.2.